The molecular weight excluding hydrogens is 421 g/mol. The molecule has 2 heterocycles. The summed E-state index contributed by atoms with van der Waals surface area (Å²) >= 11 is 0. The number of nitrogens with zero attached hydrogens (tertiary/aromatic N) is 4. The quantitative estimate of drug-likeness (QED) is 0.629. The molecule has 2 aromatic carbocycles. The smallest absolute Gasteiger partial charge is 0.243 e. The van der Waals surface area contributed by atoms with Crippen LogP contribution in [-0.4, -0.2) is 66.0 Å². The zero-order chi connectivity index (χ0) is 21.8. The maximum Gasteiger partial charge on any atom is 0.243 e. The molecule has 1 saturated heterocycles. The van der Waals surface area contributed by atoms with E-state index in [1.54, 1.807) is 21.8 Å². The summed E-state index contributed by atoms with van der Waals surface area (Å²) in [6.45, 7) is 0.921. The second kappa shape index (κ2) is 8.86. The number of sulfonamides is 1. The number of benzene rings is 2. The number of halogens is 1. The maximum absolute atomic E-state index is 13.4. The van der Waals surface area contributed by atoms with Crippen LogP contribution in [0.25, 0.3) is 5.69 Å². The maximum atomic E-state index is 13.4. The summed E-state index contributed by atoms with van der Waals surface area (Å²) in [4.78, 5) is 14.1. The molecule has 10 heteroatoms. The summed E-state index contributed by atoms with van der Waals surface area (Å²) in [7, 11) is -3.79. The number of hydrogen-bond acceptors (Lipinski definition) is 5. The molecule has 0 unspecified atom stereocenters. The first-order chi connectivity index (χ1) is 14.9. The number of amides is 1. The molecule has 1 amide bonds. The van der Waals surface area contributed by atoms with E-state index in [-0.39, 0.29) is 43.5 Å². The lowest BCUT2D eigenvalue weighted by Gasteiger charge is -2.34. The van der Waals surface area contributed by atoms with Crippen molar-refractivity contribution in [3.63, 3.8) is 0 Å². The minimum absolute atomic E-state index is 0.0580. The second-order valence-corrected chi connectivity index (χ2v) is 9.01. The summed E-state index contributed by atoms with van der Waals surface area (Å²) in [6.07, 6.45) is 1.80. The van der Waals surface area contributed by atoms with Crippen molar-refractivity contribution in [3.8, 4) is 5.69 Å². The fraction of sp³-hybridized carbons (Fsp3) is 0.238. The number of anilines is 1. The number of para-hydroxylation sites is 1. The van der Waals surface area contributed by atoms with Gasteiger partial charge in [-0.3, -0.25) is 4.79 Å². The number of carbonyl (C=O) groups is 1. The molecule has 0 saturated carbocycles. The minimum Gasteiger partial charge on any atom is -0.360 e. The standard InChI is InChI=1S/C21H22FN5O3S/c22-17-5-4-8-19(15-17)31(29,30)26-13-11-25(12-14-26)21(28)16-23-20-9-10-27(24-20)18-6-2-1-3-7-18/h1-10,15H,11-14,16H2,(H,23,24). The molecular formula is C21H22FN5O3S. The number of nitrogens with one attached hydrogen (secondary N) is 1. The van der Waals surface area contributed by atoms with E-state index < -0.39 is 15.8 Å². The van der Waals surface area contributed by atoms with Crippen LogP contribution in [0, 0.1) is 5.82 Å². The molecule has 1 aliphatic heterocycles. The fourth-order valence-corrected chi connectivity index (χ4v) is 4.83. The van der Waals surface area contributed by atoms with Gasteiger partial charge in [-0.1, -0.05) is 24.3 Å². The van der Waals surface area contributed by atoms with Gasteiger partial charge in [-0.05, 0) is 30.3 Å². The Kier molecular flexibility index (Phi) is 6.01. The molecule has 0 spiro atoms. The first kappa shape index (κ1) is 21.0. The number of hydrogen-bond donors (Lipinski definition) is 1. The van der Waals surface area contributed by atoms with Crippen molar-refractivity contribution in [2.75, 3.05) is 38.0 Å². The predicted molar refractivity (Wildman–Crippen MR) is 114 cm³/mol. The number of carbonyl (C=O) groups excluding carboxylic acids is 1. The van der Waals surface area contributed by atoms with Crippen LogP contribution in [0.5, 0.6) is 0 Å². The van der Waals surface area contributed by atoms with Crippen molar-refractivity contribution < 1.29 is 17.6 Å². The fourth-order valence-electron chi connectivity index (χ4n) is 3.38. The lowest BCUT2D eigenvalue weighted by molar-refractivity contribution is -0.130. The van der Waals surface area contributed by atoms with Crippen molar-refractivity contribution in [2.24, 2.45) is 0 Å². The highest BCUT2D eigenvalue weighted by Crippen LogP contribution is 2.18. The SMILES string of the molecule is O=C(CNc1ccn(-c2ccccc2)n1)N1CCN(S(=O)(=O)c2cccc(F)c2)CC1. The molecule has 1 N–H and O–H groups in total. The van der Waals surface area contributed by atoms with Crippen molar-refractivity contribution in [1.82, 2.24) is 19.0 Å². The topological polar surface area (TPSA) is 87.5 Å². The Morgan fingerprint density at radius 2 is 1.74 bits per heavy atom. The van der Waals surface area contributed by atoms with E-state index in [9.17, 15) is 17.6 Å². The average Bonchev–Trinajstić information content (AvgIpc) is 3.27. The summed E-state index contributed by atoms with van der Waals surface area (Å²) in [6, 6.07) is 16.3. The molecule has 1 fully saturated rings. The molecule has 1 aliphatic rings. The zero-order valence-electron chi connectivity index (χ0n) is 16.7. The van der Waals surface area contributed by atoms with E-state index in [1.165, 1.54) is 22.5 Å². The van der Waals surface area contributed by atoms with Gasteiger partial charge in [0.2, 0.25) is 15.9 Å². The van der Waals surface area contributed by atoms with Gasteiger partial charge in [0.1, 0.15) is 11.6 Å². The normalized spacial score (nSPS) is 15.1. The van der Waals surface area contributed by atoms with Gasteiger partial charge in [0.25, 0.3) is 0 Å². The van der Waals surface area contributed by atoms with E-state index in [2.05, 4.69) is 10.4 Å². The van der Waals surface area contributed by atoms with Gasteiger partial charge in [0.05, 0.1) is 17.1 Å². The Morgan fingerprint density at radius 1 is 1.00 bits per heavy atom. The van der Waals surface area contributed by atoms with Crippen LogP contribution < -0.4 is 5.32 Å². The Labute approximate surface area is 179 Å². The Morgan fingerprint density at radius 3 is 2.45 bits per heavy atom. The van der Waals surface area contributed by atoms with Gasteiger partial charge < -0.3 is 10.2 Å². The van der Waals surface area contributed by atoms with E-state index in [0.717, 1.165) is 11.8 Å². The molecule has 0 aliphatic carbocycles. The molecule has 4 rings (SSSR count). The van der Waals surface area contributed by atoms with Crippen LogP contribution in [0.4, 0.5) is 10.2 Å². The van der Waals surface area contributed by atoms with Gasteiger partial charge in [-0.25, -0.2) is 17.5 Å². The summed E-state index contributed by atoms with van der Waals surface area (Å²) in [5.74, 6) is -0.169. The lowest BCUT2D eigenvalue weighted by Crippen LogP contribution is -2.51. The first-order valence-corrected chi connectivity index (χ1v) is 11.3. The van der Waals surface area contributed by atoms with Crippen molar-refractivity contribution in [3.05, 3.63) is 72.7 Å². The van der Waals surface area contributed by atoms with E-state index in [1.807, 2.05) is 30.3 Å². The van der Waals surface area contributed by atoms with Crippen LogP contribution in [0.2, 0.25) is 0 Å². The largest absolute Gasteiger partial charge is 0.360 e. The average molecular weight is 444 g/mol. The monoisotopic (exact) mass is 443 g/mol. The van der Waals surface area contributed by atoms with Crippen LogP contribution in [0.3, 0.4) is 0 Å². The Bertz CT molecular complexity index is 1160. The van der Waals surface area contributed by atoms with Crippen LogP contribution in [0.1, 0.15) is 0 Å². The van der Waals surface area contributed by atoms with E-state index in [0.29, 0.717) is 5.82 Å². The molecule has 31 heavy (non-hydrogen) atoms. The molecule has 0 radical (unpaired) electrons. The minimum atomic E-state index is -3.79. The Balaban J connectivity index is 1.30. The third-order valence-corrected chi connectivity index (χ3v) is 6.95. The van der Waals surface area contributed by atoms with Gasteiger partial charge >= 0.3 is 0 Å². The molecule has 0 atom stereocenters. The van der Waals surface area contributed by atoms with Gasteiger partial charge in [-0.2, -0.15) is 9.40 Å². The van der Waals surface area contributed by atoms with Crippen LogP contribution >= 0.6 is 0 Å². The third-order valence-electron chi connectivity index (χ3n) is 5.06. The summed E-state index contributed by atoms with van der Waals surface area (Å²) < 4.78 is 41.8. The molecule has 162 valence electrons. The van der Waals surface area contributed by atoms with Crippen molar-refractivity contribution >= 4 is 21.7 Å². The van der Waals surface area contributed by atoms with E-state index >= 15 is 0 Å². The molecule has 8 nitrogen and oxygen atoms in total. The van der Waals surface area contributed by atoms with Gasteiger partial charge in [0, 0.05) is 38.4 Å². The number of rotatable bonds is 6. The second-order valence-electron chi connectivity index (χ2n) is 7.08. The predicted octanol–water partition coefficient (Wildman–Crippen LogP) is 1.96. The van der Waals surface area contributed by atoms with Crippen LogP contribution in [0.15, 0.2) is 71.8 Å². The third kappa shape index (κ3) is 4.75. The molecule has 1 aromatic heterocycles. The number of piperazine rings is 1. The number of aromatic nitrogens is 2. The first-order valence-electron chi connectivity index (χ1n) is 9.82. The van der Waals surface area contributed by atoms with Crippen molar-refractivity contribution in [1.29, 1.82) is 0 Å². The van der Waals surface area contributed by atoms with Crippen molar-refractivity contribution in [2.45, 2.75) is 4.90 Å². The summed E-state index contributed by atoms with van der Waals surface area (Å²) in [5, 5.41) is 7.41. The summed E-state index contributed by atoms with van der Waals surface area (Å²) in [5.41, 5.74) is 0.914. The Hall–Kier alpha value is -3.24. The molecule has 0 bridgehead atoms. The molecule has 3 aromatic rings. The van der Waals surface area contributed by atoms with E-state index in [4.69, 9.17) is 0 Å². The van der Waals surface area contributed by atoms with Crippen LogP contribution in [-0.2, 0) is 14.8 Å². The zero-order valence-corrected chi connectivity index (χ0v) is 17.5. The lowest BCUT2D eigenvalue weighted by atomic mass is 10.3. The van der Waals surface area contributed by atoms with Gasteiger partial charge in [-0.15, -0.1) is 0 Å². The highest BCUT2D eigenvalue weighted by Gasteiger charge is 2.30. The highest BCUT2D eigenvalue weighted by atomic mass is 32.2. The highest BCUT2D eigenvalue weighted by molar-refractivity contribution is 7.89. The van der Waals surface area contributed by atoms with Gasteiger partial charge in [0.15, 0.2) is 0 Å².